The number of rotatable bonds is 3. The number of hydrogen-bond donors (Lipinski definition) is 1. The van der Waals surface area contributed by atoms with Crippen LogP contribution in [0.4, 0.5) is 0 Å². The van der Waals surface area contributed by atoms with Gasteiger partial charge in [-0.3, -0.25) is 4.79 Å². The van der Waals surface area contributed by atoms with E-state index in [1.807, 2.05) is 24.3 Å². The fourth-order valence-corrected chi connectivity index (χ4v) is 2.55. The van der Waals surface area contributed by atoms with Gasteiger partial charge in [-0.05, 0) is 44.4 Å². The largest absolute Gasteiger partial charge is 0.375 e. The molecule has 1 unspecified atom stereocenters. The number of halogens is 1. The molecule has 2 rings (SSSR count). The van der Waals surface area contributed by atoms with Gasteiger partial charge >= 0.3 is 0 Å². The molecule has 19 heavy (non-hydrogen) atoms. The van der Waals surface area contributed by atoms with E-state index in [1.165, 1.54) is 0 Å². The van der Waals surface area contributed by atoms with Crippen LogP contribution in [0.2, 0.25) is 0 Å². The Kier molecular flexibility index (Phi) is 4.48. The predicted molar refractivity (Wildman–Crippen MR) is 76.5 cm³/mol. The van der Waals surface area contributed by atoms with Gasteiger partial charge in [-0.25, -0.2) is 0 Å². The third-order valence-corrected chi connectivity index (χ3v) is 3.71. The average Bonchev–Trinajstić information content (AvgIpc) is 2.37. The van der Waals surface area contributed by atoms with Crippen LogP contribution in [0, 0.1) is 0 Å². The summed E-state index contributed by atoms with van der Waals surface area (Å²) < 4.78 is 5.65. The lowest BCUT2D eigenvalue weighted by molar-refractivity contribution is -0.0615. The molecule has 1 aliphatic heterocycles. The quantitative estimate of drug-likeness (QED) is 0.865. The highest BCUT2D eigenvalue weighted by Crippen LogP contribution is 2.24. The van der Waals surface area contributed by atoms with Crippen molar-refractivity contribution >= 4 is 17.5 Å². The summed E-state index contributed by atoms with van der Waals surface area (Å²) >= 11 is 5.73. The van der Waals surface area contributed by atoms with Crippen LogP contribution in [0.25, 0.3) is 0 Å². The van der Waals surface area contributed by atoms with Crippen LogP contribution in [-0.2, 0) is 10.6 Å². The summed E-state index contributed by atoms with van der Waals surface area (Å²) in [5.41, 5.74) is 1.54. The van der Waals surface area contributed by atoms with Gasteiger partial charge in [0.25, 0.3) is 5.91 Å². The Morgan fingerprint density at radius 3 is 2.68 bits per heavy atom. The Bertz CT molecular complexity index is 442. The first-order chi connectivity index (χ1) is 9.00. The molecular formula is C15H20ClNO2. The maximum atomic E-state index is 12.1. The zero-order chi connectivity index (χ0) is 13.9. The third-order valence-electron chi connectivity index (χ3n) is 3.40. The van der Waals surface area contributed by atoms with E-state index < -0.39 is 0 Å². The Labute approximate surface area is 119 Å². The van der Waals surface area contributed by atoms with Crippen LogP contribution in [-0.4, -0.2) is 24.2 Å². The second-order valence-corrected chi connectivity index (χ2v) is 5.87. The highest BCUT2D eigenvalue weighted by atomic mass is 35.5. The minimum Gasteiger partial charge on any atom is -0.375 e. The van der Waals surface area contributed by atoms with Crippen molar-refractivity contribution in [3.63, 3.8) is 0 Å². The molecular weight excluding hydrogens is 262 g/mol. The van der Waals surface area contributed by atoms with Crippen LogP contribution in [0.1, 0.15) is 42.6 Å². The standard InChI is InChI=1S/C15H20ClNO2/c1-15(2)9-13(7-8-19-15)17-14(18)12-5-3-11(10-16)4-6-12/h3-6,13H,7-10H2,1-2H3,(H,17,18). The zero-order valence-electron chi connectivity index (χ0n) is 11.4. The van der Waals surface area contributed by atoms with Crippen molar-refractivity contribution in [2.45, 2.75) is 44.2 Å². The number of hydrogen-bond acceptors (Lipinski definition) is 2. The zero-order valence-corrected chi connectivity index (χ0v) is 12.2. The van der Waals surface area contributed by atoms with Gasteiger partial charge in [0, 0.05) is 24.1 Å². The molecule has 104 valence electrons. The third kappa shape index (κ3) is 3.95. The number of nitrogens with one attached hydrogen (secondary N) is 1. The molecule has 0 bridgehead atoms. The van der Waals surface area contributed by atoms with Crippen molar-refractivity contribution in [2.24, 2.45) is 0 Å². The van der Waals surface area contributed by atoms with Crippen molar-refractivity contribution in [3.05, 3.63) is 35.4 Å². The van der Waals surface area contributed by atoms with Gasteiger partial charge in [-0.15, -0.1) is 11.6 Å². The molecule has 0 saturated carbocycles. The molecule has 1 amide bonds. The monoisotopic (exact) mass is 281 g/mol. The van der Waals surface area contributed by atoms with Crippen LogP contribution < -0.4 is 5.32 Å². The van der Waals surface area contributed by atoms with E-state index in [-0.39, 0.29) is 17.6 Å². The molecule has 1 aromatic rings. The molecule has 4 heteroatoms. The van der Waals surface area contributed by atoms with Crippen molar-refractivity contribution in [3.8, 4) is 0 Å². The van der Waals surface area contributed by atoms with Gasteiger partial charge in [-0.1, -0.05) is 12.1 Å². The first-order valence-electron chi connectivity index (χ1n) is 6.60. The van der Waals surface area contributed by atoms with Crippen LogP contribution >= 0.6 is 11.6 Å². The molecule has 1 fully saturated rings. The van der Waals surface area contributed by atoms with Gasteiger partial charge in [0.15, 0.2) is 0 Å². The lowest BCUT2D eigenvalue weighted by atomic mass is 9.94. The number of ether oxygens (including phenoxy) is 1. The van der Waals surface area contributed by atoms with Gasteiger partial charge < -0.3 is 10.1 Å². The van der Waals surface area contributed by atoms with Crippen molar-refractivity contribution in [2.75, 3.05) is 6.61 Å². The van der Waals surface area contributed by atoms with Crippen molar-refractivity contribution in [1.82, 2.24) is 5.32 Å². The van der Waals surface area contributed by atoms with Crippen molar-refractivity contribution in [1.29, 1.82) is 0 Å². The van der Waals surface area contributed by atoms with E-state index in [0.29, 0.717) is 18.1 Å². The number of carbonyl (C=O) groups excluding carboxylic acids is 1. The molecule has 0 aromatic heterocycles. The summed E-state index contributed by atoms with van der Waals surface area (Å²) in [4.78, 5) is 12.1. The van der Waals surface area contributed by atoms with Gasteiger partial charge in [0.1, 0.15) is 0 Å². The fourth-order valence-electron chi connectivity index (χ4n) is 2.37. The molecule has 3 nitrogen and oxygen atoms in total. The maximum Gasteiger partial charge on any atom is 0.251 e. The van der Waals surface area contributed by atoms with Crippen molar-refractivity contribution < 1.29 is 9.53 Å². The highest BCUT2D eigenvalue weighted by molar-refractivity contribution is 6.17. The lowest BCUT2D eigenvalue weighted by Crippen LogP contribution is -2.45. The van der Waals surface area contributed by atoms with E-state index in [4.69, 9.17) is 16.3 Å². The average molecular weight is 282 g/mol. The highest BCUT2D eigenvalue weighted by Gasteiger charge is 2.29. The van der Waals surface area contributed by atoms with Crippen LogP contribution in [0.5, 0.6) is 0 Å². The second-order valence-electron chi connectivity index (χ2n) is 5.60. The number of alkyl halides is 1. The first-order valence-corrected chi connectivity index (χ1v) is 7.13. The molecule has 0 radical (unpaired) electrons. The van der Waals surface area contributed by atoms with E-state index >= 15 is 0 Å². The molecule has 0 aliphatic carbocycles. The molecule has 1 aromatic carbocycles. The summed E-state index contributed by atoms with van der Waals surface area (Å²) in [6, 6.07) is 7.59. The predicted octanol–water partition coefficient (Wildman–Crippen LogP) is 3.11. The summed E-state index contributed by atoms with van der Waals surface area (Å²) in [6.45, 7) is 4.81. The Morgan fingerprint density at radius 2 is 2.11 bits per heavy atom. The summed E-state index contributed by atoms with van der Waals surface area (Å²) in [7, 11) is 0. The summed E-state index contributed by atoms with van der Waals surface area (Å²) in [5.74, 6) is 0.444. The Morgan fingerprint density at radius 1 is 1.42 bits per heavy atom. The number of carbonyl (C=O) groups is 1. The lowest BCUT2D eigenvalue weighted by Gasteiger charge is -2.35. The van der Waals surface area contributed by atoms with E-state index in [2.05, 4.69) is 19.2 Å². The topological polar surface area (TPSA) is 38.3 Å². The van der Waals surface area contributed by atoms with E-state index in [9.17, 15) is 4.79 Å². The molecule has 1 N–H and O–H groups in total. The normalized spacial score (nSPS) is 21.9. The van der Waals surface area contributed by atoms with E-state index in [1.54, 1.807) is 0 Å². The van der Waals surface area contributed by atoms with Crippen LogP contribution in [0.15, 0.2) is 24.3 Å². The van der Waals surface area contributed by atoms with E-state index in [0.717, 1.165) is 18.4 Å². The number of benzene rings is 1. The smallest absolute Gasteiger partial charge is 0.251 e. The minimum atomic E-state index is -0.154. The van der Waals surface area contributed by atoms with Gasteiger partial charge in [-0.2, -0.15) is 0 Å². The summed E-state index contributed by atoms with van der Waals surface area (Å²) in [6.07, 6.45) is 1.72. The molecule has 0 spiro atoms. The molecule has 1 saturated heterocycles. The minimum absolute atomic E-state index is 0.0242. The Balaban J connectivity index is 1.96. The first kappa shape index (κ1) is 14.4. The molecule has 1 atom stereocenters. The van der Waals surface area contributed by atoms with Gasteiger partial charge in [0.2, 0.25) is 0 Å². The Hall–Kier alpha value is -1.06. The molecule has 1 aliphatic rings. The van der Waals surface area contributed by atoms with Gasteiger partial charge in [0.05, 0.1) is 5.60 Å². The number of amides is 1. The fraction of sp³-hybridized carbons (Fsp3) is 0.533. The maximum absolute atomic E-state index is 12.1. The SMILES string of the molecule is CC1(C)CC(NC(=O)c2ccc(CCl)cc2)CCO1. The van der Waals surface area contributed by atoms with Crippen LogP contribution in [0.3, 0.4) is 0 Å². The summed E-state index contributed by atoms with van der Waals surface area (Å²) in [5, 5.41) is 3.08. The second kappa shape index (κ2) is 5.93. The molecule has 1 heterocycles.